The first kappa shape index (κ1) is 9.14. The van der Waals surface area contributed by atoms with Crippen molar-refractivity contribution in [3.05, 3.63) is 11.5 Å². The van der Waals surface area contributed by atoms with Gasteiger partial charge in [0.25, 0.3) is 0 Å². The highest BCUT2D eigenvalue weighted by atomic mass is 32.2. The highest BCUT2D eigenvalue weighted by molar-refractivity contribution is 8.03. The van der Waals surface area contributed by atoms with Crippen LogP contribution in [-0.4, -0.2) is 17.3 Å². The van der Waals surface area contributed by atoms with E-state index in [1.54, 1.807) is 0 Å². The molecule has 2 heteroatoms. The standard InChI is InChI=1S/C9H17NS/c1-8(2)10-7-9(3)5-4-6-11-9/h4,6,8,10H,5,7H2,1-3H3. The summed E-state index contributed by atoms with van der Waals surface area (Å²) in [7, 11) is 0. The van der Waals surface area contributed by atoms with Crippen LogP contribution in [0.3, 0.4) is 0 Å². The van der Waals surface area contributed by atoms with Gasteiger partial charge < -0.3 is 5.32 Å². The first-order valence-electron chi connectivity index (χ1n) is 4.19. The Labute approximate surface area is 73.6 Å². The van der Waals surface area contributed by atoms with Crippen molar-refractivity contribution in [2.24, 2.45) is 0 Å². The van der Waals surface area contributed by atoms with E-state index >= 15 is 0 Å². The van der Waals surface area contributed by atoms with E-state index in [2.05, 4.69) is 37.6 Å². The largest absolute Gasteiger partial charge is 0.313 e. The molecule has 64 valence electrons. The monoisotopic (exact) mass is 171 g/mol. The van der Waals surface area contributed by atoms with Gasteiger partial charge >= 0.3 is 0 Å². The third kappa shape index (κ3) is 2.88. The average molecular weight is 171 g/mol. The zero-order chi connectivity index (χ0) is 8.32. The molecule has 0 amide bonds. The van der Waals surface area contributed by atoms with Gasteiger partial charge in [-0.25, -0.2) is 0 Å². The Morgan fingerprint density at radius 1 is 1.64 bits per heavy atom. The fourth-order valence-electron chi connectivity index (χ4n) is 1.09. The number of rotatable bonds is 3. The highest BCUT2D eigenvalue weighted by Crippen LogP contribution is 2.35. The molecule has 0 fully saturated rings. The molecular weight excluding hydrogens is 154 g/mol. The first-order valence-corrected chi connectivity index (χ1v) is 5.07. The summed E-state index contributed by atoms with van der Waals surface area (Å²) in [5.74, 6) is 0. The van der Waals surface area contributed by atoms with Crippen molar-refractivity contribution in [3.63, 3.8) is 0 Å². The van der Waals surface area contributed by atoms with Crippen LogP contribution in [0.15, 0.2) is 11.5 Å². The number of hydrogen-bond acceptors (Lipinski definition) is 2. The molecule has 0 bridgehead atoms. The maximum Gasteiger partial charge on any atom is 0.0332 e. The average Bonchev–Trinajstić information content (AvgIpc) is 2.33. The topological polar surface area (TPSA) is 12.0 Å². The summed E-state index contributed by atoms with van der Waals surface area (Å²) in [6, 6.07) is 0.605. The summed E-state index contributed by atoms with van der Waals surface area (Å²) >= 11 is 1.94. The van der Waals surface area contributed by atoms with Gasteiger partial charge in [-0.2, -0.15) is 0 Å². The SMILES string of the molecule is CC(C)NCC1(C)CC=CS1. The lowest BCUT2D eigenvalue weighted by Gasteiger charge is -2.24. The van der Waals surface area contributed by atoms with E-state index in [1.807, 2.05) is 11.8 Å². The summed E-state index contributed by atoms with van der Waals surface area (Å²) in [5.41, 5.74) is 0. The Balaban J connectivity index is 2.25. The van der Waals surface area contributed by atoms with Crippen LogP contribution < -0.4 is 5.32 Å². The molecule has 1 atom stereocenters. The Morgan fingerprint density at radius 2 is 2.36 bits per heavy atom. The highest BCUT2D eigenvalue weighted by Gasteiger charge is 2.25. The van der Waals surface area contributed by atoms with Crippen molar-refractivity contribution >= 4 is 11.8 Å². The third-order valence-electron chi connectivity index (χ3n) is 1.88. The molecule has 1 aliphatic rings. The molecule has 0 spiro atoms. The molecule has 1 unspecified atom stereocenters. The summed E-state index contributed by atoms with van der Waals surface area (Å²) in [6.45, 7) is 7.81. The molecule has 1 nitrogen and oxygen atoms in total. The normalized spacial score (nSPS) is 30.2. The maximum atomic E-state index is 3.47. The summed E-state index contributed by atoms with van der Waals surface area (Å²) in [6.07, 6.45) is 3.46. The van der Waals surface area contributed by atoms with Crippen LogP contribution in [0.5, 0.6) is 0 Å². The molecule has 1 rings (SSSR count). The second kappa shape index (κ2) is 3.63. The van der Waals surface area contributed by atoms with Crippen LogP contribution in [-0.2, 0) is 0 Å². The molecule has 0 aromatic heterocycles. The lowest BCUT2D eigenvalue weighted by Crippen LogP contribution is -2.36. The lowest BCUT2D eigenvalue weighted by atomic mass is 10.1. The minimum Gasteiger partial charge on any atom is -0.313 e. The maximum absolute atomic E-state index is 3.47. The van der Waals surface area contributed by atoms with Crippen molar-refractivity contribution in [1.29, 1.82) is 0 Å². The van der Waals surface area contributed by atoms with Gasteiger partial charge in [-0.05, 0) is 18.8 Å². The first-order chi connectivity index (χ1) is 5.12. The summed E-state index contributed by atoms with van der Waals surface area (Å²) in [4.78, 5) is 0. The van der Waals surface area contributed by atoms with E-state index in [0.29, 0.717) is 10.8 Å². The Hall–Kier alpha value is 0.0500. The van der Waals surface area contributed by atoms with E-state index in [4.69, 9.17) is 0 Å². The fourth-order valence-corrected chi connectivity index (χ4v) is 1.97. The van der Waals surface area contributed by atoms with Crippen LogP contribution in [0.2, 0.25) is 0 Å². The van der Waals surface area contributed by atoms with Crippen LogP contribution >= 0.6 is 11.8 Å². The Kier molecular flexibility index (Phi) is 3.02. The van der Waals surface area contributed by atoms with E-state index in [9.17, 15) is 0 Å². The predicted molar refractivity (Wildman–Crippen MR) is 52.9 cm³/mol. The Bertz CT molecular complexity index is 144. The minimum atomic E-state index is 0.421. The van der Waals surface area contributed by atoms with Crippen molar-refractivity contribution in [2.45, 2.75) is 38.0 Å². The quantitative estimate of drug-likeness (QED) is 0.700. The van der Waals surface area contributed by atoms with Gasteiger partial charge in [-0.15, -0.1) is 11.8 Å². The smallest absolute Gasteiger partial charge is 0.0332 e. The van der Waals surface area contributed by atoms with Crippen LogP contribution in [0.1, 0.15) is 27.2 Å². The number of allylic oxidation sites excluding steroid dienone is 1. The van der Waals surface area contributed by atoms with Crippen molar-refractivity contribution in [2.75, 3.05) is 6.54 Å². The van der Waals surface area contributed by atoms with Crippen molar-refractivity contribution in [3.8, 4) is 0 Å². The molecule has 11 heavy (non-hydrogen) atoms. The van der Waals surface area contributed by atoms with E-state index in [-0.39, 0.29) is 0 Å². The van der Waals surface area contributed by atoms with Crippen LogP contribution in [0.25, 0.3) is 0 Å². The number of thioether (sulfide) groups is 1. The molecule has 1 heterocycles. The van der Waals surface area contributed by atoms with Crippen LogP contribution in [0, 0.1) is 0 Å². The molecule has 0 aromatic carbocycles. The molecule has 0 saturated heterocycles. The Morgan fingerprint density at radius 3 is 2.82 bits per heavy atom. The third-order valence-corrected chi connectivity index (χ3v) is 3.09. The number of hydrogen-bond donors (Lipinski definition) is 1. The van der Waals surface area contributed by atoms with E-state index < -0.39 is 0 Å². The van der Waals surface area contributed by atoms with Gasteiger partial charge in [-0.1, -0.05) is 19.9 Å². The second-order valence-electron chi connectivity index (χ2n) is 3.68. The zero-order valence-electron chi connectivity index (χ0n) is 7.55. The van der Waals surface area contributed by atoms with Gasteiger partial charge in [0.1, 0.15) is 0 Å². The molecule has 1 N–H and O–H groups in total. The molecule has 1 aliphatic heterocycles. The molecule has 0 aromatic rings. The zero-order valence-corrected chi connectivity index (χ0v) is 8.37. The summed E-state index contributed by atoms with van der Waals surface area (Å²) < 4.78 is 0.421. The van der Waals surface area contributed by atoms with Gasteiger partial charge in [0, 0.05) is 17.3 Å². The van der Waals surface area contributed by atoms with Gasteiger partial charge in [-0.3, -0.25) is 0 Å². The molecule has 0 radical (unpaired) electrons. The lowest BCUT2D eigenvalue weighted by molar-refractivity contribution is 0.516. The van der Waals surface area contributed by atoms with E-state index in [1.165, 1.54) is 6.42 Å². The van der Waals surface area contributed by atoms with Crippen molar-refractivity contribution in [1.82, 2.24) is 5.32 Å². The second-order valence-corrected chi connectivity index (χ2v) is 5.17. The molecule has 0 saturated carbocycles. The van der Waals surface area contributed by atoms with Gasteiger partial charge in [0.05, 0.1) is 0 Å². The number of nitrogens with one attached hydrogen (secondary N) is 1. The molecule has 0 aliphatic carbocycles. The van der Waals surface area contributed by atoms with Crippen molar-refractivity contribution < 1.29 is 0 Å². The minimum absolute atomic E-state index is 0.421. The van der Waals surface area contributed by atoms with Gasteiger partial charge in [0.15, 0.2) is 0 Å². The van der Waals surface area contributed by atoms with E-state index in [0.717, 1.165) is 6.54 Å². The fraction of sp³-hybridized carbons (Fsp3) is 0.778. The van der Waals surface area contributed by atoms with Gasteiger partial charge in [0.2, 0.25) is 0 Å². The van der Waals surface area contributed by atoms with Crippen LogP contribution in [0.4, 0.5) is 0 Å². The predicted octanol–water partition coefficient (Wildman–Crippen LogP) is 2.39. The molecular formula is C9H17NS. The summed E-state index contributed by atoms with van der Waals surface area (Å²) in [5, 5.41) is 5.68.